The van der Waals surface area contributed by atoms with Gasteiger partial charge in [0.1, 0.15) is 5.78 Å². The Labute approximate surface area is 163 Å². The number of piperidine rings is 2. The van der Waals surface area contributed by atoms with Crippen molar-refractivity contribution in [3.05, 3.63) is 71.8 Å². The maximum Gasteiger partial charge on any atom is 0.136 e. The molecule has 0 spiro atoms. The first-order valence-corrected chi connectivity index (χ1v) is 10.7. The molecule has 2 aromatic carbocycles. The van der Waals surface area contributed by atoms with E-state index in [9.17, 15) is 4.79 Å². The average molecular weight is 362 g/mol. The van der Waals surface area contributed by atoms with E-state index in [1.165, 1.54) is 30.4 Å². The highest BCUT2D eigenvalue weighted by Crippen LogP contribution is 2.38. The maximum atomic E-state index is 12.9. The molecule has 2 nitrogen and oxygen atoms in total. The molecule has 2 heteroatoms. The zero-order valence-electron chi connectivity index (χ0n) is 16.2. The van der Waals surface area contributed by atoms with Crippen LogP contribution in [-0.2, 0) is 17.8 Å². The van der Waals surface area contributed by atoms with Crippen LogP contribution >= 0.6 is 0 Å². The molecule has 27 heavy (non-hydrogen) atoms. The lowest BCUT2D eigenvalue weighted by Gasteiger charge is -2.48. The number of hydrogen-bond acceptors (Lipinski definition) is 2. The predicted molar refractivity (Wildman–Crippen MR) is 111 cm³/mol. The number of aryl methyl sites for hydroxylation is 1. The van der Waals surface area contributed by atoms with Crippen LogP contribution in [-0.4, -0.2) is 22.8 Å². The first kappa shape index (κ1) is 18.4. The third kappa shape index (κ3) is 4.68. The Morgan fingerprint density at radius 2 is 1.44 bits per heavy atom. The van der Waals surface area contributed by atoms with Gasteiger partial charge in [0, 0.05) is 31.0 Å². The van der Waals surface area contributed by atoms with Crippen LogP contribution < -0.4 is 0 Å². The molecular formula is C25H31NO. The van der Waals surface area contributed by atoms with Crippen molar-refractivity contribution in [2.75, 3.05) is 0 Å². The summed E-state index contributed by atoms with van der Waals surface area (Å²) in [5.74, 6) is 0.810. The number of ketones is 1. The van der Waals surface area contributed by atoms with E-state index in [-0.39, 0.29) is 0 Å². The number of Topliss-reactive ketones (excluding diaryl/α,β-unsaturated/α-hetero) is 1. The summed E-state index contributed by atoms with van der Waals surface area (Å²) in [6.07, 6.45) is 8.76. The molecule has 0 amide bonds. The quantitative estimate of drug-likeness (QED) is 0.657. The third-order valence-corrected chi connectivity index (χ3v) is 6.52. The van der Waals surface area contributed by atoms with Crippen LogP contribution in [0.25, 0.3) is 0 Å². The molecule has 2 fully saturated rings. The van der Waals surface area contributed by atoms with Gasteiger partial charge in [-0.05, 0) is 49.7 Å². The highest BCUT2D eigenvalue weighted by atomic mass is 16.1. The van der Waals surface area contributed by atoms with Crippen molar-refractivity contribution >= 4 is 5.78 Å². The van der Waals surface area contributed by atoms with E-state index in [0.29, 0.717) is 23.8 Å². The van der Waals surface area contributed by atoms with Gasteiger partial charge in [0.2, 0.25) is 0 Å². The molecule has 0 aliphatic carbocycles. The number of nitrogens with zero attached hydrogens (tertiary/aromatic N) is 1. The Morgan fingerprint density at radius 1 is 0.852 bits per heavy atom. The highest BCUT2D eigenvalue weighted by Gasteiger charge is 2.40. The molecule has 2 aliphatic heterocycles. The summed E-state index contributed by atoms with van der Waals surface area (Å²) >= 11 is 0. The third-order valence-electron chi connectivity index (χ3n) is 6.52. The van der Waals surface area contributed by atoms with E-state index in [1.54, 1.807) is 0 Å². The minimum atomic E-state index is 0.295. The zero-order chi connectivity index (χ0) is 18.5. The van der Waals surface area contributed by atoms with Gasteiger partial charge in [0.25, 0.3) is 0 Å². The summed E-state index contributed by atoms with van der Waals surface area (Å²) in [6.45, 7) is 1.05. The van der Waals surface area contributed by atoms with Crippen molar-refractivity contribution in [2.24, 2.45) is 5.92 Å². The molecule has 2 saturated heterocycles. The summed E-state index contributed by atoms with van der Waals surface area (Å²) in [7, 11) is 0. The smallest absolute Gasteiger partial charge is 0.136 e. The van der Waals surface area contributed by atoms with Gasteiger partial charge < -0.3 is 0 Å². The minimum absolute atomic E-state index is 0.295. The second kappa shape index (κ2) is 8.84. The standard InChI is InChI=1S/C25H31NO/c27-25(16-7-13-20-9-3-1-4-10-20)22-17-23-14-8-15-24(18-22)26(23)19-21-11-5-2-6-12-21/h1-6,9-12,22-24H,7-8,13-19H2. The van der Waals surface area contributed by atoms with E-state index in [0.717, 1.165) is 38.6 Å². The number of rotatable bonds is 7. The largest absolute Gasteiger partial charge is 0.299 e. The van der Waals surface area contributed by atoms with Gasteiger partial charge in [-0.1, -0.05) is 67.1 Å². The minimum Gasteiger partial charge on any atom is -0.299 e. The van der Waals surface area contributed by atoms with Crippen LogP contribution in [0.15, 0.2) is 60.7 Å². The Kier molecular flexibility index (Phi) is 6.03. The van der Waals surface area contributed by atoms with Crippen molar-refractivity contribution in [1.82, 2.24) is 4.90 Å². The summed E-state index contributed by atoms with van der Waals surface area (Å²) < 4.78 is 0. The molecular weight excluding hydrogens is 330 g/mol. The fourth-order valence-electron chi connectivity index (χ4n) is 5.11. The van der Waals surface area contributed by atoms with E-state index in [2.05, 4.69) is 65.6 Å². The van der Waals surface area contributed by atoms with Crippen LogP contribution in [0.5, 0.6) is 0 Å². The summed E-state index contributed by atoms with van der Waals surface area (Å²) in [4.78, 5) is 15.6. The van der Waals surface area contributed by atoms with Gasteiger partial charge in [-0.2, -0.15) is 0 Å². The first-order chi connectivity index (χ1) is 13.3. The molecule has 2 bridgehead atoms. The Balaban J connectivity index is 1.31. The Bertz CT molecular complexity index is 713. The topological polar surface area (TPSA) is 20.3 Å². The molecule has 142 valence electrons. The molecule has 2 unspecified atom stereocenters. The number of hydrogen-bond donors (Lipinski definition) is 0. The maximum absolute atomic E-state index is 12.9. The van der Waals surface area contributed by atoms with Crippen LogP contribution in [0.3, 0.4) is 0 Å². The fourth-order valence-corrected chi connectivity index (χ4v) is 5.11. The summed E-state index contributed by atoms with van der Waals surface area (Å²) in [5, 5.41) is 0. The van der Waals surface area contributed by atoms with Gasteiger partial charge in [0.05, 0.1) is 0 Å². The van der Waals surface area contributed by atoms with Crippen molar-refractivity contribution in [3.63, 3.8) is 0 Å². The number of carbonyl (C=O) groups excluding carboxylic acids is 1. The number of fused-ring (bicyclic) bond motifs is 2. The summed E-state index contributed by atoms with van der Waals surface area (Å²) in [6, 6.07) is 22.6. The highest BCUT2D eigenvalue weighted by molar-refractivity contribution is 5.81. The van der Waals surface area contributed by atoms with Gasteiger partial charge >= 0.3 is 0 Å². The SMILES string of the molecule is O=C(CCCc1ccccc1)C1CC2CCCC(C1)N2Cc1ccccc1. The zero-order valence-corrected chi connectivity index (χ0v) is 16.2. The predicted octanol–water partition coefficient (Wildman–Crippen LogP) is 5.41. The van der Waals surface area contributed by atoms with E-state index in [4.69, 9.17) is 0 Å². The Hall–Kier alpha value is -1.93. The molecule has 2 heterocycles. The lowest BCUT2D eigenvalue weighted by Crippen LogP contribution is -2.52. The summed E-state index contributed by atoms with van der Waals surface area (Å²) in [5.41, 5.74) is 2.75. The van der Waals surface area contributed by atoms with Crippen molar-refractivity contribution < 1.29 is 4.79 Å². The van der Waals surface area contributed by atoms with Gasteiger partial charge in [-0.15, -0.1) is 0 Å². The van der Waals surface area contributed by atoms with Crippen LogP contribution in [0.1, 0.15) is 56.1 Å². The fraction of sp³-hybridized carbons (Fsp3) is 0.480. The average Bonchev–Trinajstić information content (AvgIpc) is 2.69. The molecule has 0 aromatic heterocycles. The van der Waals surface area contributed by atoms with Gasteiger partial charge in [-0.25, -0.2) is 0 Å². The van der Waals surface area contributed by atoms with Gasteiger partial charge in [-0.3, -0.25) is 9.69 Å². The van der Waals surface area contributed by atoms with Crippen molar-refractivity contribution in [3.8, 4) is 0 Å². The van der Waals surface area contributed by atoms with Gasteiger partial charge in [0.15, 0.2) is 0 Å². The normalized spacial score (nSPS) is 25.3. The molecule has 4 rings (SSSR count). The molecule has 0 saturated carbocycles. The molecule has 2 atom stereocenters. The molecule has 0 radical (unpaired) electrons. The van der Waals surface area contributed by atoms with Crippen molar-refractivity contribution in [1.29, 1.82) is 0 Å². The lowest BCUT2D eigenvalue weighted by molar-refractivity contribution is -0.127. The van der Waals surface area contributed by atoms with Crippen molar-refractivity contribution in [2.45, 2.75) is 70.0 Å². The van der Waals surface area contributed by atoms with E-state index in [1.807, 2.05) is 0 Å². The number of carbonyl (C=O) groups is 1. The second-order valence-corrected chi connectivity index (χ2v) is 8.37. The van der Waals surface area contributed by atoms with Crippen LogP contribution in [0, 0.1) is 5.92 Å². The first-order valence-electron chi connectivity index (χ1n) is 10.7. The second-order valence-electron chi connectivity index (χ2n) is 8.37. The van der Waals surface area contributed by atoms with Crippen LogP contribution in [0.4, 0.5) is 0 Å². The number of benzene rings is 2. The lowest BCUT2D eigenvalue weighted by atomic mass is 9.75. The molecule has 2 aliphatic rings. The van der Waals surface area contributed by atoms with Crippen LogP contribution in [0.2, 0.25) is 0 Å². The molecule has 2 aromatic rings. The molecule has 0 N–H and O–H groups in total. The Morgan fingerprint density at radius 3 is 2.07 bits per heavy atom. The van der Waals surface area contributed by atoms with E-state index >= 15 is 0 Å². The monoisotopic (exact) mass is 361 g/mol. The van der Waals surface area contributed by atoms with E-state index < -0.39 is 0 Å².